The lowest BCUT2D eigenvalue weighted by atomic mass is 10.3. The fourth-order valence-electron chi connectivity index (χ4n) is 1.21. The molecule has 15 heavy (non-hydrogen) atoms. The third-order valence-electron chi connectivity index (χ3n) is 2.39. The van der Waals surface area contributed by atoms with Crippen molar-refractivity contribution in [3.8, 4) is 0 Å². The van der Waals surface area contributed by atoms with Gasteiger partial charge in [0.15, 0.2) is 0 Å². The highest BCUT2D eigenvalue weighted by molar-refractivity contribution is 5.87. The quantitative estimate of drug-likeness (QED) is 0.673. The second kappa shape index (κ2) is 5.53. The van der Waals surface area contributed by atoms with Crippen molar-refractivity contribution in [2.24, 2.45) is 5.92 Å². The van der Waals surface area contributed by atoms with Gasteiger partial charge in [0, 0.05) is 20.0 Å². The Kier molecular flexibility index (Phi) is 4.34. The van der Waals surface area contributed by atoms with Crippen molar-refractivity contribution in [2.45, 2.75) is 25.7 Å². The van der Waals surface area contributed by atoms with E-state index in [-0.39, 0.29) is 12.3 Å². The maximum Gasteiger partial charge on any atom is 0.303 e. The number of amides is 1. The van der Waals surface area contributed by atoms with Gasteiger partial charge in [-0.2, -0.15) is 0 Å². The van der Waals surface area contributed by atoms with Gasteiger partial charge in [0.05, 0.1) is 0 Å². The Hall–Kier alpha value is -1.32. The summed E-state index contributed by atoms with van der Waals surface area (Å²) in [5.74, 6) is -0.252. The summed E-state index contributed by atoms with van der Waals surface area (Å²) >= 11 is 0. The average Bonchev–Trinajstić information content (AvgIpc) is 2.96. The van der Waals surface area contributed by atoms with Crippen LogP contribution >= 0.6 is 0 Å². The molecule has 0 bridgehead atoms. The number of carboxylic acids is 1. The zero-order valence-electron chi connectivity index (χ0n) is 8.98. The van der Waals surface area contributed by atoms with Gasteiger partial charge in [-0.05, 0) is 31.3 Å². The summed E-state index contributed by atoms with van der Waals surface area (Å²) in [6.07, 6.45) is 6.53. The zero-order valence-corrected chi connectivity index (χ0v) is 8.98. The molecule has 4 nitrogen and oxygen atoms in total. The molecule has 1 amide bonds. The highest BCUT2D eigenvalue weighted by Crippen LogP contribution is 2.29. The molecule has 0 aliphatic heterocycles. The van der Waals surface area contributed by atoms with E-state index in [1.807, 2.05) is 6.08 Å². The van der Waals surface area contributed by atoms with E-state index in [2.05, 4.69) is 0 Å². The lowest BCUT2D eigenvalue weighted by Crippen LogP contribution is -2.26. The Labute approximate surface area is 89.6 Å². The van der Waals surface area contributed by atoms with Gasteiger partial charge in [0.1, 0.15) is 0 Å². The molecule has 0 spiro atoms. The van der Waals surface area contributed by atoms with Gasteiger partial charge in [-0.15, -0.1) is 0 Å². The molecule has 0 unspecified atom stereocenters. The van der Waals surface area contributed by atoms with Crippen LogP contribution in [0.4, 0.5) is 0 Å². The minimum atomic E-state index is -0.815. The normalized spacial score (nSPS) is 15.5. The Bertz CT molecular complexity index is 269. The van der Waals surface area contributed by atoms with E-state index >= 15 is 0 Å². The molecule has 0 aromatic heterocycles. The first kappa shape index (κ1) is 11.8. The molecule has 0 atom stereocenters. The zero-order chi connectivity index (χ0) is 11.3. The molecule has 1 saturated carbocycles. The Balaban J connectivity index is 2.16. The van der Waals surface area contributed by atoms with Crippen molar-refractivity contribution >= 4 is 11.9 Å². The fourth-order valence-corrected chi connectivity index (χ4v) is 1.21. The second-order valence-electron chi connectivity index (χ2n) is 3.95. The maximum absolute atomic E-state index is 11.4. The largest absolute Gasteiger partial charge is 0.481 e. The van der Waals surface area contributed by atoms with Crippen LogP contribution in [0.15, 0.2) is 12.2 Å². The van der Waals surface area contributed by atoms with E-state index in [0.29, 0.717) is 18.9 Å². The molecular formula is C11H17NO3. The standard InChI is InChI=1S/C11H17NO3/c1-12(8-2-3-11(14)15)10(13)7-6-9-4-5-9/h6-7,9H,2-5,8H2,1H3,(H,14,15)/b7-6+. The molecule has 4 heteroatoms. The number of rotatable bonds is 6. The molecule has 84 valence electrons. The Morgan fingerprint density at radius 1 is 1.47 bits per heavy atom. The number of carbonyl (C=O) groups is 2. The number of aliphatic carboxylic acids is 1. The number of carboxylic acid groups (broad SMARTS) is 1. The van der Waals surface area contributed by atoms with E-state index in [9.17, 15) is 9.59 Å². The number of allylic oxidation sites excluding steroid dienone is 1. The highest BCUT2D eigenvalue weighted by atomic mass is 16.4. The Morgan fingerprint density at radius 3 is 2.67 bits per heavy atom. The smallest absolute Gasteiger partial charge is 0.303 e. The van der Waals surface area contributed by atoms with E-state index in [0.717, 1.165) is 0 Å². The number of likely N-dealkylation sites (N-methyl/N-ethyl adjacent to an activating group) is 1. The number of hydrogen-bond acceptors (Lipinski definition) is 2. The molecule has 0 aromatic rings. The van der Waals surface area contributed by atoms with Crippen molar-refractivity contribution < 1.29 is 14.7 Å². The van der Waals surface area contributed by atoms with Crippen LogP contribution in [-0.4, -0.2) is 35.5 Å². The molecule has 0 aromatic carbocycles. The van der Waals surface area contributed by atoms with Gasteiger partial charge >= 0.3 is 5.97 Å². The minimum Gasteiger partial charge on any atom is -0.481 e. The number of hydrogen-bond donors (Lipinski definition) is 1. The van der Waals surface area contributed by atoms with Crippen LogP contribution in [0, 0.1) is 5.92 Å². The topological polar surface area (TPSA) is 57.6 Å². The van der Waals surface area contributed by atoms with Gasteiger partial charge in [-0.3, -0.25) is 9.59 Å². The van der Waals surface area contributed by atoms with E-state index in [4.69, 9.17) is 5.11 Å². The summed E-state index contributed by atoms with van der Waals surface area (Å²) in [4.78, 5) is 23.3. The molecule has 1 aliphatic carbocycles. The van der Waals surface area contributed by atoms with Crippen LogP contribution in [0.5, 0.6) is 0 Å². The Morgan fingerprint density at radius 2 is 2.13 bits per heavy atom. The molecule has 1 aliphatic rings. The molecule has 1 fully saturated rings. The van der Waals surface area contributed by atoms with Gasteiger partial charge in [0.25, 0.3) is 0 Å². The van der Waals surface area contributed by atoms with Gasteiger partial charge in [-0.25, -0.2) is 0 Å². The van der Waals surface area contributed by atoms with Gasteiger partial charge in [-0.1, -0.05) is 6.08 Å². The van der Waals surface area contributed by atoms with Gasteiger partial charge in [0.2, 0.25) is 5.91 Å². The lowest BCUT2D eigenvalue weighted by molar-refractivity contribution is -0.137. The molecule has 0 heterocycles. The highest BCUT2D eigenvalue weighted by Gasteiger charge is 2.18. The van der Waals surface area contributed by atoms with E-state index in [1.165, 1.54) is 12.8 Å². The van der Waals surface area contributed by atoms with Crippen LogP contribution in [0.1, 0.15) is 25.7 Å². The summed E-state index contributed by atoms with van der Waals surface area (Å²) in [7, 11) is 1.70. The van der Waals surface area contributed by atoms with Crippen LogP contribution in [-0.2, 0) is 9.59 Å². The van der Waals surface area contributed by atoms with Crippen LogP contribution in [0.2, 0.25) is 0 Å². The van der Waals surface area contributed by atoms with Crippen LogP contribution in [0.3, 0.4) is 0 Å². The van der Waals surface area contributed by atoms with Crippen molar-refractivity contribution in [2.75, 3.05) is 13.6 Å². The summed E-state index contributed by atoms with van der Waals surface area (Å²) in [5, 5.41) is 8.43. The molecule has 0 radical (unpaired) electrons. The van der Waals surface area contributed by atoms with E-state index < -0.39 is 5.97 Å². The predicted molar refractivity (Wildman–Crippen MR) is 56.4 cm³/mol. The summed E-state index contributed by atoms with van der Waals surface area (Å²) in [6, 6.07) is 0. The molecular weight excluding hydrogens is 194 g/mol. The van der Waals surface area contributed by atoms with Crippen LogP contribution < -0.4 is 0 Å². The summed E-state index contributed by atoms with van der Waals surface area (Å²) in [5.41, 5.74) is 0. The van der Waals surface area contributed by atoms with Crippen LogP contribution in [0.25, 0.3) is 0 Å². The predicted octanol–water partition coefficient (Wildman–Crippen LogP) is 1.28. The molecule has 1 N–H and O–H groups in total. The number of carbonyl (C=O) groups excluding carboxylic acids is 1. The average molecular weight is 211 g/mol. The molecule has 1 rings (SSSR count). The summed E-state index contributed by atoms with van der Waals surface area (Å²) < 4.78 is 0. The van der Waals surface area contributed by atoms with Crippen molar-refractivity contribution in [1.29, 1.82) is 0 Å². The second-order valence-corrected chi connectivity index (χ2v) is 3.95. The van der Waals surface area contributed by atoms with Gasteiger partial charge < -0.3 is 10.0 Å². The minimum absolute atomic E-state index is 0.0349. The SMILES string of the molecule is CN(CCCC(=O)O)C(=O)/C=C/C1CC1. The third-order valence-corrected chi connectivity index (χ3v) is 2.39. The van der Waals surface area contributed by atoms with Crippen molar-refractivity contribution in [3.05, 3.63) is 12.2 Å². The van der Waals surface area contributed by atoms with Crippen molar-refractivity contribution in [1.82, 2.24) is 4.90 Å². The first-order valence-electron chi connectivity index (χ1n) is 5.24. The maximum atomic E-state index is 11.4. The van der Waals surface area contributed by atoms with E-state index in [1.54, 1.807) is 18.0 Å². The first-order chi connectivity index (χ1) is 7.09. The first-order valence-corrected chi connectivity index (χ1v) is 5.24. The third kappa shape index (κ3) is 5.20. The molecule has 0 saturated heterocycles. The number of nitrogens with zero attached hydrogens (tertiary/aromatic N) is 1. The monoisotopic (exact) mass is 211 g/mol. The summed E-state index contributed by atoms with van der Waals surface area (Å²) in [6.45, 7) is 0.500. The fraction of sp³-hybridized carbons (Fsp3) is 0.636. The lowest BCUT2D eigenvalue weighted by Gasteiger charge is -2.13. The van der Waals surface area contributed by atoms with Crippen molar-refractivity contribution in [3.63, 3.8) is 0 Å².